The van der Waals surface area contributed by atoms with E-state index in [4.69, 9.17) is 4.74 Å². The number of halogens is 1. The first kappa shape index (κ1) is 14.7. The number of benzene rings is 1. The number of carbonyl (C=O) groups is 2. The van der Waals surface area contributed by atoms with Gasteiger partial charge in [-0.2, -0.15) is 0 Å². The third kappa shape index (κ3) is 4.49. The molecule has 0 aliphatic carbocycles. The van der Waals surface area contributed by atoms with E-state index in [-0.39, 0.29) is 6.42 Å². The van der Waals surface area contributed by atoms with Crippen LogP contribution in [0.25, 0.3) is 0 Å². The SMILES string of the molecule is COC(=O)C[C@H](Cc1ccc(Br)cc1)C(=O)OC. The molecule has 0 aliphatic heterocycles. The van der Waals surface area contributed by atoms with Crippen molar-refractivity contribution in [1.29, 1.82) is 0 Å². The van der Waals surface area contributed by atoms with Gasteiger partial charge in [0, 0.05) is 4.47 Å². The molecule has 4 nitrogen and oxygen atoms in total. The number of hydrogen-bond donors (Lipinski definition) is 0. The molecule has 0 spiro atoms. The average molecular weight is 315 g/mol. The first-order valence-corrected chi connectivity index (χ1v) is 6.25. The molecular weight excluding hydrogens is 300 g/mol. The van der Waals surface area contributed by atoms with Crippen molar-refractivity contribution in [2.75, 3.05) is 14.2 Å². The lowest BCUT2D eigenvalue weighted by molar-refractivity contribution is -0.151. The highest BCUT2D eigenvalue weighted by molar-refractivity contribution is 9.10. The molecule has 0 saturated carbocycles. The van der Waals surface area contributed by atoms with Gasteiger partial charge in [-0.25, -0.2) is 0 Å². The van der Waals surface area contributed by atoms with Crippen molar-refractivity contribution >= 4 is 27.9 Å². The largest absolute Gasteiger partial charge is 0.469 e. The van der Waals surface area contributed by atoms with Gasteiger partial charge in [-0.1, -0.05) is 28.1 Å². The summed E-state index contributed by atoms with van der Waals surface area (Å²) >= 11 is 3.34. The molecule has 1 aromatic carbocycles. The molecule has 0 radical (unpaired) electrons. The van der Waals surface area contributed by atoms with Crippen LogP contribution >= 0.6 is 15.9 Å². The molecule has 0 aliphatic rings. The fourth-order valence-corrected chi connectivity index (χ4v) is 1.86. The maximum Gasteiger partial charge on any atom is 0.309 e. The molecule has 0 unspecified atom stereocenters. The molecule has 0 heterocycles. The van der Waals surface area contributed by atoms with Gasteiger partial charge < -0.3 is 9.47 Å². The molecule has 0 N–H and O–H groups in total. The van der Waals surface area contributed by atoms with Gasteiger partial charge >= 0.3 is 11.9 Å². The minimum atomic E-state index is -0.511. The zero-order chi connectivity index (χ0) is 13.5. The van der Waals surface area contributed by atoms with Gasteiger partial charge in [-0.15, -0.1) is 0 Å². The van der Waals surface area contributed by atoms with Gasteiger partial charge in [-0.3, -0.25) is 9.59 Å². The van der Waals surface area contributed by atoms with E-state index in [1.807, 2.05) is 24.3 Å². The van der Waals surface area contributed by atoms with Crippen LogP contribution in [-0.4, -0.2) is 26.2 Å². The molecule has 18 heavy (non-hydrogen) atoms. The van der Waals surface area contributed by atoms with E-state index < -0.39 is 17.9 Å². The highest BCUT2D eigenvalue weighted by Gasteiger charge is 2.23. The Morgan fingerprint density at radius 3 is 2.28 bits per heavy atom. The van der Waals surface area contributed by atoms with Crippen molar-refractivity contribution in [3.8, 4) is 0 Å². The van der Waals surface area contributed by atoms with Crippen LogP contribution < -0.4 is 0 Å². The van der Waals surface area contributed by atoms with Gasteiger partial charge in [0.1, 0.15) is 0 Å². The van der Waals surface area contributed by atoms with Crippen LogP contribution in [-0.2, 0) is 25.5 Å². The summed E-state index contributed by atoms with van der Waals surface area (Å²) in [5.41, 5.74) is 0.970. The summed E-state index contributed by atoms with van der Waals surface area (Å²) < 4.78 is 10.2. The van der Waals surface area contributed by atoms with Gasteiger partial charge in [-0.05, 0) is 24.1 Å². The molecule has 0 bridgehead atoms. The highest BCUT2D eigenvalue weighted by Crippen LogP contribution is 2.17. The second kappa shape index (κ2) is 7.16. The van der Waals surface area contributed by atoms with Crippen LogP contribution in [0.5, 0.6) is 0 Å². The summed E-state index contributed by atoms with van der Waals surface area (Å²) in [5.74, 6) is -1.32. The van der Waals surface area contributed by atoms with Gasteiger partial charge in [0.2, 0.25) is 0 Å². The quantitative estimate of drug-likeness (QED) is 0.783. The topological polar surface area (TPSA) is 52.6 Å². The number of rotatable bonds is 5. The van der Waals surface area contributed by atoms with E-state index in [1.54, 1.807) is 0 Å². The van der Waals surface area contributed by atoms with Crippen LogP contribution in [0.15, 0.2) is 28.7 Å². The maximum absolute atomic E-state index is 11.6. The first-order valence-electron chi connectivity index (χ1n) is 5.46. The van der Waals surface area contributed by atoms with E-state index in [2.05, 4.69) is 20.7 Å². The Morgan fingerprint density at radius 1 is 1.17 bits per heavy atom. The Labute approximate surface area is 114 Å². The fraction of sp³-hybridized carbons (Fsp3) is 0.385. The molecule has 0 fully saturated rings. The van der Waals surface area contributed by atoms with Crippen LogP contribution in [0.2, 0.25) is 0 Å². The summed E-state index contributed by atoms with van der Waals surface area (Å²) in [4.78, 5) is 22.8. The highest BCUT2D eigenvalue weighted by atomic mass is 79.9. The monoisotopic (exact) mass is 314 g/mol. The van der Waals surface area contributed by atoms with Gasteiger partial charge in [0.25, 0.3) is 0 Å². The third-order valence-electron chi connectivity index (χ3n) is 2.57. The van der Waals surface area contributed by atoms with Crippen molar-refractivity contribution in [1.82, 2.24) is 0 Å². The lowest BCUT2D eigenvalue weighted by atomic mass is 9.96. The molecule has 5 heteroatoms. The second-order valence-corrected chi connectivity index (χ2v) is 4.75. The molecule has 0 saturated heterocycles. The van der Waals surface area contributed by atoms with Crippen molar-refractivity contribution in [2.45, 2.75) is 12.8 Å². The minimum Gasteiger partial charge on any atom is -0.469 e. The Bertz CT molecular complexity index is 414. The Morgan fingerprint density at radius 2 is 1.78 bits per heavy atom. The summed E-state index contributed by atoms with van der Waals surface area (Å²) in [6.07, 6.45) is 0.480. The molecule has 0 aromatic heterocycles. The predicted octanol–water partition coefficient (Wildman–Crippen LogP) is 2.34. The van der Waals surface area contributed by atoms with Crippen molar-refractivity contribution in [3.05, 3.63) is 34.3 Å². The number of ether oxygens (including phenoxy) is 2. The van der Waals surface area contributed by atoms with Crippen molar-refractivity contribution in [3.63, 3.8) is 0 Å². The standard InChI is InChI=1S/C13H15BrO4/c1-17-12(15)8-10(13(16)18-2)7-9-3-5-11(14)6-4-9/h3-6,10H,7-8H2,1-2H3/t10-/m0/s1. The number of methoxy groups -OCH3 is 2. The molecule has 98 valence electrons. The van der Waals surface area contributed by atoms with Crippen LogP contribution in [0.1, 0.15) is 12.0 Å². The third-order valence-corrected chi connectivity index (χ3v) is 3.10. The Hall–Kier alpha value is -1.36. The summed E-state index contributed by atoms with van der Waals surface area (Å²) in [7, 11) is 2.62. The summed E-state index contributed by atoms with van der Waals surface area (Å²) in [5, 5.41) is 0. The molecule has 1 rings (SSSR count). The Kier molecular flexibility index (Phi) is 5.85. The summed E-state index contributed by atoms with van der Waals surface area (Å²) in [6, 6.07) is 7.58. The van der Waals surface area contributed by atoms with Crippen LogP contribution in [0.3, 0.4) is 0 Å². The number of hydrogen-bond acceptors (Lipinski definition) is 4. The van der Waals surface area contributed by atoms with Crippen molar-refractivity contribution < 1.29 is 19.1 Å². The van der Waals surface area contributed by atoms with E-state index in [0.29, 0.717) is 6.42 Å². The molecule has 0 amide bonds. The lowest BCUT2D eigenvalue weighted by Gasteiger charge is -2.13. The van der Waals surface area contributed by atoms with E-state index in [1.165, 1.54) is 14.2 Å². The van der Waals surface area contributed by atoms with Crippen LogP contribution in [0.4, 0.5) is 0 Å². The van der Waals surface area contributed by atoms with Gasteiger partial charge in [0.05, 0.1) is 26.6 Å². The van der Waals surface area contributed by atoms with Crippen LogP contribution in [0, 0.1) is 5.92 Å². The average Bonchev–Trinajstić information content (AvgIpc) is 2.39. The number of carbonyl (C=O) groups excluding carboxylic acids is 2. The van der Waals surface area contributed by atoms with E-state index in [9.17, 15) is 9.59 Å². The second-order valence-electron chi connectivity index (χ2n) is 3.83. The fourth-order valence-electron chi connectivity index (χ4n) is 1.60. The molecule has 1 aromatic rings. The smallest absolute Gasteiger partial charge is 0.309 e. The first-order chi connectivity index (χ1) is 8.56. The van der Waals surface area contributed by atoms with E-state index in [0.717, 1.165) is 10.0 Å². The lowest BCUT2D eigenvalue weighted by Crippen LogP contribution is -2.22. The zero-order valence-electron chi connectivity index (χ0n) is 10.3. The predicted molar refractivity (Wildman–Crippen MR) is 70.0 cm³/mol. The Balaban J connectivity index is 2.74. The number of esters is 2. The normalized spacial score (nSPS) is 11.7. The molecule has 1 atom stereocenters. The maximum atomic E-state index is 11.6. The zero-order valence-corrected chi connectivity index (χ0v) is 11.9. The summed E-state index contributed by atoms with van der Waals surface area (Å²) in [6.45, 7) is 0. The minimum absolute atomic E-state index is 0.0270. The van der Waals surface area contributed by atoms with Gasteiger partial charge in [0.15, 0.2) is 0 Å². The van der Waals surface area contributed by atoms with Crippen molar-refractivity contribution in [2.24, 2.45) is 5.92 Å². The molecular formula is C13H15BrO4. The van der Waals surface area contributed by atoms with E-state index >= 15 is 0 Å².